The molecular weight excluding hydrogens is 1090 g/mol. The maximum atomic E-state index is 12.7. The number of amidine groups is 1. The van der Waals surface area contributed by atoms with E-state index in [1.807, 2.05) is 54.6 Å². The van der Waals surface area contributed by atoms with Gasteiger partial charge >= 0.3 is 30.5 Å². The molecule has 3 aromatic carbocycles. The van der Waals surface area contributed by atoms with Crippen LogP contribution < -0.4 is 56.2 Å². The topological polar surface area (TPSA) is 277 Å². The van der Waals surface area contributed by atoms with Crippen molar-refractivity contribution in [3.05, 3.63) is 85.5 Å². The van der Waals surface area contributed by atoms with Gasteiger partial charge in [0.1, 0.15) is 68.5 Å². The minimum absolute atomic E-state index is 0.141. The zero-order valence-corrected chi connectivity index (χ0v) is 52.8. The first-order valence-corrected chi connectivity index (χ1v) is 28.3. The number of amides is 5. The molecule has 0 heterocycles. The molecular formula is C62H93N9O14. The molecule has 5 amide bonds. The monoisotopic (exact) mass is 1190 g/mol. The Kier molecular flexibility index (Phi) is 27.7. The van der Waals surface area contributed by atoms with Crippen LogP contribution >= 0.6 is 0 Å². The van der Waals surface area contributed by atoms with Crippen molar-refractivity contribution in [1.82, 2.24) is 37.2 Å². The zero-order chi connectivity index (χ0) is 63.6. The van der Waals surface area contributed by atoms with Crippen molar-refractivity contribution >= 4 is 42.3 Å². The van der Waals surface area contributed by atoms with E-state index in [1.54, 1.807) is 117 Å². The summed E-state index contributed by atoms with van der Waals surface area (Å²) in [5.41, 5.74) is -0.305. The molecule has 7 N–H and O–H groups in total. The molecule has 0 saturated carbocycles. The van der Waals surface area contributed by atoms with Crippen LogP contribution in [0.1, 0.15) is 136 Å². The molecule has 470 valence electrons. The number of nitrogens with zero attached hydrogens (tertiary/aromatic N) is 2. The van der Waals surface area contributed by atoms with Crippen molar-refractivity contribution in [2.75, 3.05) is 52.6 Å². The van der Waals surface area contributed by atoms with Gasteiger partial charge in [-0.3, -0.25) is 36.6 Å². The molecule has 85 heavy (non-hydrogen) atoms. The minimum Gasteiger partial charge on any atom is -0.493 e. The highest BCUT2D eigenvalue weighted by molar-refractivity contribution is 6.01. The lowest BCUT2D eigenvalue weighted by molar-refractivity contribution is 0.0525. The van der Waals surface area contributed by atoms with Crippen LogP contribution in [0.15, 0.2) is 95.4 Å². The smallest absolute Gasteiger partial charge is 0.414 e. The third kappa shape index (κ3) is 33.5. The Morgan fingerprint density at radius 3 is 1.05 bits per heavy atom. The molecule has 0 atom stereocenters. The van der Waals surface area contributed by atoms with Crippen LogP contribution in [-0.4, -0.2) is 123 Å². The molecule has 0 aliphatic rings. The van der Waals surface area contributed by atoms with E-state index in [0.29, 0.717) is 99.8 Å². The maximum absolute atomic E-state index is 12.7. The fraction of sp³-hybridized carbons (Fsp3) is 0.532. The molecule has 0 aliphatic carbocycles. The molecule has 0 aromatic heterocycles. The van der Waals surface area contributed by atoms with E-state index in [2.05, 4.69) is 60.4 Å². The second-order valence-electron chi connectivity index (χ2n) is 24.4. The Balaban J connectivity index is 1.92. The number of ether oxygens (including phenoxy) is 9. The van der Waals surface area contributed by atoms with Crippen molar-refractivity contribution in [1.29, 1.82) is 0 Å². The van der Waals surface area contributed by atoms with Gasteiger partial charge in [0, 0.05) is 51.2 Å². The van der Waals surface area contributed by atoms with E-state index in [4.69, 9.17) is 42.6 Å². The van der Waals surface area contributed by atoms with Crippen LogP contribution in [0, 0.1) is 0 Å². The van der Waals surface area contributed by atoms with E-state index in [-0.39, 0.29) is 24.9 Å². The predicted octanol–water partition coefficient (Wildman–Crippen LogP) is 11.6. The third-order valence-corrected chi connectivity index (χ3v) is 10.1. The number of benzene rings is 3. The fourth-order valence-electron chi connectivity index (χ4n) is 6.98. The molecule has 0 radical (unpaired) electrons. The van der Waals surface area contributed by atoms with Gasteiger partial charge in [0.15, 0.2) is 0 Å². The Hall–Kier alpha value is -8.37. The lowest BCUT2D eigenvalue weighted by Gasteiger charge is -2.22. The first-order valence-electron chi connectivity index (χ1n) is 28.3. The van der Waals surface area contributed by atoms with Crippen molar-refractivity contribution in [3.63, 3.8) is 0 Å². The van der Waals surface area contributed by atoms with Gasteiger partial charge in [-0.25, -0.2) is 24.0 Å². The molecule has 3 rings (SSSR count). The van der Waals surface area contributed by atoms with E-state index >= 15 is 0 Å². The highest BCUT2D eigenvalue weighted by atomic mass is 16.6. The summed E-state index contributed by atoms with van der Waals surface area (Å²) in [4.78, 5) is 70.9. The Bertz CT molecular complexity index is 2750. The van der Waals surface area contributed by atoms with Crippen molar-refractivity contribution in [3.8, 4) is 45.3 Å². The van der Waals surface area contributed by atoms with Crippen LogP contribution in [0.4, 0.5) is 24.0 Å². The van der Waals surface area contributed by atoms with Crippen LogP contribution in [0.25, 0.3) is 22.3 Å². The van der Waals surface area contributed by atoms with Crippen molar-refractivity contribution in [2.24, 2.45) is 9.98 Å². The van der Waals surface area contributed by atoms with Crippen LogP contribution in [0.2, 0.25) is 0 Å². The molecule has 3 aromatic rings. The largest absolute Gasteiger partial charge is 0.493 e. The summed E-state index contributed by atoms with van der Waals surface area (Å²) in [6.07, 6.45) is -1.41. The number of carbonyl (C=O) groups is 5. The number of guanidine groups is 1. The molecule has 0 aliphatic heterocycles. The lowest BCUT2D eigenvalue weighted by atomic mass is 9.98. The van der Waals surface area contributed by atoms with E-state index in [9.17, 15) is 24.0 Å². The first kappa shape index (κ1) is 70.9. The number of hydrogen-bond acceptors (Lipinski definition) is 18. The average Bonchev–Trinajstić information content (AvgIpc) is 3.47. The SMILES string of the molecule is C=C(NCCCOc1cc(OCCCN=C(C)NC(=O)OC(C)(C)C)cc(-c2cccc(-c3cc(OCCCN=C(NC(=O)OC(C)(C)C)NC(=O)OC(C)(C)C)cc(OCCCNC(=C)NC(=O)OC(C)(C)C)c3)c2)c1)NC(=O)OC(C)(C)C. The highest BCUT2D eigenvalue weighted by Crippen LogP contribution is 2.35. The standard InChI is InChI=1S/C62H93N9O14/c1-41(67-53(72)81-58(4,5)6)63-26-20-30-77-48-35-46(36-49(39-48)78-31-21-27-64-42(2)68-54(73)82-59(7,8)9)44-24-19-25-45(34-44)47-37-50(79-32-22-28-65-43(3)69-55(74)83-60(10,11)12)40-51(38-47)80-33-23-29-66-52(70-56(75)84-61(13,14)15)71-57(76)85-62(16,17)18/h19,24-25,34-40,63,65H,1,3,20-23,26-33H2,2,4-18H3,(H,67,72)(H,69,74)(H,64,68,73)(H2,66,70,71,75,76). The number of hydrogen-bond donors (Lipinski definition) is 7. The molecule has 23 heteroatoms. The predicted molar refractivity (Wildman–Crippen MR) is 329 cm³/mol. The lowest BCUT2D eigenvalue weighted by Crippen LogP contribution is -2.47. The second-order valence-corrected chi connectivity index (χ2v) is 24.4. The van der Waals surface area contributed by atoms with Gasteiger partial charge in [0.2, 0.25) is 5.96 Å². The highest BCUT2D eigenvalue weighted by Gasteiger charge is 2.23. The molecule has 0 fully saturated rings. The van der Waals surface area contributed by atoms with Gasteiger partial charge in [-0.05, 0) is 176 Å². The summed E-state index contributed by atoms with van der Waals surface area (Å²) in [5, 5.41) is 19.0. The summed E-state index contributed by atoms with van der Waals surface area (Å²) in [5.74, 6) is 3.00. The van der Waals surface area contributed by atoms with Gasteiger partial charge in [-0.1, -0.05) is 31.4 Å². The van der Waals surface area contributed by atoms with E-state index in [1.165, 1.54) is 0 Å². The zero-order valence-electron chi connectivity index (χ0n) is 52.8. The fourth-order valence-corrected chi connectivity index (χ4v) is 6.98. The summed E-state index contributed by atoms with van der Waals surface area (Å²) in [6.45, 7) is 38.3. The van der Waals surface area contributed by atoms with Crippen molar-refractivity contribution in [2.45, 2.75) is 164 Å². The average molecular weight is 1190 g/mol. The minimum atomic E-state index is -0.806. The summed E-state index contributed by atoms with van der Waals surface area (Å²) >= 11 is 0. The van der Waals surface area contributed by atoms with Gasteiger partial charge < -0.3 is 53.3 Å². The number of nitrogens with one attached hydrogen (secondary N) is 7. The third-order valence-electron chi connectivity index (χ3n) is 10.1. The number of carbonyl (C=O) groups excluding carboxylic acids is 5. The Labute approximate surface area is 502 Å². The van der Waals surface area contributed by atoms with Gasteiger partial charge in [-0.15, -0.1) is 0 Å². The molecule has 0 unspecified atom stereocenters. The number of rotatable bonds is 26. The van der Waals surface area contributed by atoms with Gasteiger partial charge in [0.05, 0.1) is 26.4 Å². The van der Waals surface area contributed by atoms with Gasteiger partial charge in [0.25, 0.3) is 0 Å². The first-order chi connectivity index (χ1) is 39.5. The molecule has 0 spiro atoms. The van der Waals surface area contributed by atoms with Crippen LogP contribution in [0.3, 0.4) is 0 Å². The molecule has 0 bridgehead atoms. The summed E-state index contributed by atoms with van der Waals surface area (Å²) < 4.78 is 51.9. The normalized spacial score (nSPS) is 11.8. The van der Waals surface area contributed by atoms with Crippen molar-refractivity contribution < 1.29 is 66.6 Å². The van der Waals surface area contributed by atoms with E-state index < -0.39 is 58.5 Å². The number of aliphatic imine (C=N–C) groups is 2. The number of alkyl carbamates (subject to hydrolysis) is 5. The summed E-state index contributed by atoms with van der Waals surface area (Å²) in [7, 11) is 0. The van der Waals surface area contributed by atoms with Crippen LogP contribution in [-0.2, 0) is 23.7 Å². The Morgan fingerprint density at radius 1 is 0.400 bits per heavy atom. The van der Waals surface area contributed by atoms with Gasteiger partial charge in [-0.2, -0.15) is 0 Å². The maximum Gasteiger partial charge on any atom is 0.414 e. The van der Waals surface area contributed by atoms with E-state index in [0.717, 1.165) is 22.3 Å². The molecule has 0 saturated heterocycles. The Morgan fingerprint density at radius 2 is 0.706 bits per heavy atom. The quantitative estimate of drug-likeness (QED) is 0.0170. The van der Waals surface area contributed by atoms with Crippen LogP contribution in [0.5, 0.6) is 23.0 Å². The molecule has 23 nitrogen and oxygen atoms in total. The second kappa shape index (κ2) is 33.2. The summed E-state index contributed by atoms with van der Waals surface area (Å²) in [6, 6.07) is 19.2.